The molecule has 1 fully saturated rings. The van der Waals surface area contributed by atoms with Gasteiger partial charge in [0.25, 0.3) is 0 Å². The van der Waals surface area contributed by atoms with Gasteiger partial charge in [-0.3, -0.25) is 14.5 Å². The van der Waals surface area contributed by atoms with Crippen molar-refractivity contribution in [2.75, 3.05) is 20.1 Å². The second-order valence-corrected chi connectivity index (χ2v) is 4.16. The maximum atomic E-state index is 11.1. The summed E-state index contributed by atoms with van der Waals surface area (Å²) in [7, 11) is 1.60. The van der Waals surface area contributed by atoms with Crippen molar-refractivity contribution >= 4 is 11.9 Å². The first-order valence-electron chi connectivity index (χ1n) is 5.82. The molecule has 1 aliphatic rings. The topological polar surface area (TPSA) is 69.6 Å². The molecular formula is C11H20N2O3. The number of carbonyl (C=O) groups is 2. The molecule has 0 aromatic rings. The Labute approximate surface area is 95.8 Å². The Morgan fingerprint density at radius 2 is 2.12 bits per heavy atom. The molecule has 1 amide bonds. The van der Waals surface area contributed by atoms with Crippen LogP contribution in [-0.4, -0.2) is 48.1 Å². The van der Waals surface area contributed by atoms with Crippen LogP contribution in [0.1, 0.15) is 32.1 Å². The maximum absolute atomic E-state index is 11.1. The Balaban J connectivity index is 2.51. The third-order valence-corrected chi connectivity index (χ3v) is 3.05. The normalized spacial score (nSPS) is 22.4. The highest BCUT2D eigenvalue weighted by molar-refractivity contribution is 5.76. The average molecular weight is 228 g/mol. The van der Waals surface area contributed by atoms with Crippen molar-refractivity contribution in [3.05, 3.63) is 0 Å². The van der Waals surface area contributed by atoms with Crippen LogP contribution in [0.4, 0.5) is 0 Å². The molecule has 1 rings (SSSR count). The summed E-state index contributed by atoms with van der Waals surface area (Å²) in [5, 5.41) is 11.7. The third kappa shape index (κ3) is 3.81. The van der Waals surface area contributed by atoms with Crippen molar-refractivity contribution < 1.29 is 14.7 Å². The zero-order valence-corrected chi connectivity index (χ0v) is 9.74. The van der Waals surface area contributed by atoms with Crippen LogP contribution in [-0.2, 0) is 9.59 Å². The lowest BCUT2D eigenvalue weighted by molar-refractivity contribution is -0.143. The van der Waals surface area contributed by atoms with Gasteiger partial charge >= 0.3 is 5.97 Å². The van der Waals surface area contributed by atoms with Crippen LogP contribution in [0, 0.1) is 0 Å². The minimum Gasteiger partial charge on any atom is -0.480 e. The van der Waals surface area contributed by atoms with E-state index in [-0.39, 0.29) is 5.91 Å². The Hall–Kier alpha value is -1.10. The van der Waals surface area contributed by atoms with E-state index in [1.807, 2.05) is 4.90 Å². The second-order valence-electron chi connectivity index (χ2n) is 4.16. The quantitative estimate of drug-likeness (QED) is 0.733. The van der Waals surface area contributed by atoms with Crippen molar-refractivity contribution in [1.29, 1.82) is 0 Å². The van der Waals surface area contributed by atoms with Crippen LogP contribution >= 0.6 is 0 Å². The highest BCUT2D eigenvalue weighted by Gasteiger charge is 2.26. The lowest BCUT2D eigenvalue weighted by atomic mass is 10.1. The number of carbonyl (C=O) groups excluding carboxylic acids is 1. The fraction of sp³-hybridized carbons (Fsp3) is 0.818. The van der Waals surface area contributed by atoms with Gasteiger partial charge in [0.05, 0.1) is 0 Å². The molecule has 5 nitrogen and oxygen atoms in total. The van der Waals surface area contributed by atoms with E-state index >= 15 is 0 Å². The van der Waals surface area contributed by atoms with E-state index in [1.54, 1.807) is 7.05 Å². The molecule has 0 radical (unpaired) electrons. The zero-order chi connectivity index (χ0) is 12.0. The molecule has 0 saturated carbocycles. The number of nitrogens with one attached hydrogen (secondary N) is 1. The molecule has 92 valence electrons. The summed E-state index contributed by atoms with van der Waals surface area (Å²) in [5.74, 6) is -0.799. The van der Waals surface area contributed by atoms with Gasteiger partial charge in [-0.15, -0.1) is 0 Å². The average Bonchev–Trinajstić information content (AvgIpc) is 2.50. The van der Waals surface area contributed by atoms with E-state index in [1.165, 1.54) is 0 Å². The Kier molecular flexibility index (Phi) is 5.25. The molecule has 1 aliphatic heterocycles. The van der Waals surface area contributed by atoms with Gasteiger partial charge in [-0.25, -0.2) is 0 Å². The number of nitrogens with zero attached hydrogens (tertiary/aromatic N) is 1. The molecule has 0 aliphatic carbocycles. The molecule has 1 heterocycles. The summed E-state index contributed by atoms with van der Waals surface area (Å²) in [6, 6.07) is -0.410. The molecule has 0 spiro atoms. The molecule has 0 aromatic heterocycles. The summed E-state index contributed by atoms with van der Waals surface area (Å²) >= 11 is 0. The number of rotatable bonds is 4. The summed E-state index contributed by atoms with van der Waals surface area (Å²) in [6.07, 6.45) is 4.15. The van der Waals surface area contributed by atoms with Crippen LogP contribution in [0.3, 0.4) is 0 Å². The van der Waals surface area contributed by atoms with Crippen LogP contribution in [0.25, 0.3) is 0 Å². The fourth-order valence-electron chi connectivity index (χ4n) is 2.09. The minimum atomic E-state index is -0.765. The lowest BCUT2D eigenvalue weighted by Gasteiger charge is -2.26. The number of carboxylic acid groups (broad SMARTS) is 1. The summed E-state index contributed by atoms with van der Waals surface area (Å²) < 4.78 is 0. The molecule has 1 unspecified atom stereocenters. The molecule has 0 aromatic carbocycles. The zero-order valence-electron chi connectivity index (χ0n) is 9.74. The smallest absolute Gasteiger partial charge is 0.320 e. The predicted molar refractivity (Wildman–Crippen MR) is 60.1 cm³/mol. The van der Waals surface area contributed by atoms with Crippen molar-refractivity contribution in [2.45, 2.75) is 38.1 Å². The largest absolute Gasteiger partial charge is 0.480 e. The van der Waals surface area contributed by atoms with Crippen molar-refractivity contribution in [1.82, 2.24) is 10.2 Å². The highest BCUT2D eigenvalue weighted by atomic mass is 16.4. The van der Waals surface area contributed by atoms with Crippen LogP contribution in [0.5, 0.6) is 0 Å². The standard InChI is InChI=1S/C11H20N2O3/c1-12-10(14)6-8-13-7-4-2-3-5-9(13)11(15)16/h9H,2-8H2,1H3,(H,12,14)(H,15,16). The summed E-state index contributed by atoms with van der Waals surface area (Å²) in [6.45, 7) is 1.32. The number of hydrogen-bond donors (Lipinski definition) is 2. The van der Waals surface area contributed by atoms with Gasteiger partial charge in [0, 0.05) is 20.0 Å². The molecular weight excluding hydrogens is 208 g/mol. The van der Waals surface area contributed by atoms with Crippen molar-refractivity contribution in [3.63, 3.8) is 0 Å². The van der Waals surface area contributed by atoms with Gasteiger partial charge in [-0.05, 0) is 19.4 Å². The van der Waals surface area contributed by atoms with Gasteiger partial charge in [0.15, 0.2) is 0 Å². The van der Waals surface area contributed by atoms with Gasteiger partial charge in [-0.2, -0.15) is 0 Å². The number of likely N-dealkylation sites (tertiary alicyclic amines) is 1. The monoisotopic (exact) mass is 228 g/mol. The third-order valence-electron chi connectivity index (χ3n) is 3.05. The lowest BCUT2D eigenvalue weighted by Crippen LogP contribution is -2.42. The van der Waals surface area contributed by atoms with Crippen LogP contribution in [0.15, 0.2) is 0 Å². The van der Waals surface area contributed by atoms with Crippen LogP contribution in [0.2, 0.25) is 0 Å². The first-order chi connectivity index (χ1) is 7.65. The summed E-state index contributed by atoms with van der Waals surface area (Å²) in [5.41, 5.74) is 0. The van der Waals surface area contributed by atoms with Gasteiger partial charge < -0.3 is 10.4 Å². The van der Waals surface area contributed by atoms with Crippen LogP contribution < -0.4 is 5.32 Å². The van der Waals surface area contributed by atoms with Gasteiger partial charge in [0.2, 0.25) is 5.91 Å². The van der Waals surface area contributed by atoms with E-state index in [2.05, 4.69) is 5.32 Å². The molecule has 2 N–H and O–H groups in total. The first-order valence-corrected chi connectivity index (χ1v) is 5.82. The molecule has 16 heavy (non-hydrogen) atoms. The van der Waals surface area contributed by atoms with Gasteiger partial charge in [-0.1, -0.05) is 12.8 Å². The Morgan fingerprint density at radius 1 is 1.38 bits per heavy atom. The second kappa shape index (κ2) is 6.48. The van der Waals surface area contributed by atoms with E-state index in [9.17, 15) is 9.59 Å². The molecule has 0 bridgehead atoms. The van der Waals surface area contributed by atoms with E-state index in [0.29, 0.717) is 19.4 Å². The SMILES string of the molecule is CNC(=O)CCN1CCCCCC1C(=O)O. The van der Waals surface area contributed by atoms with Crippen molar-refractivity contribution in [2.24, 2.45) is 0 Å². The summed E-state index contributed by atoms with van der Waals surface area (Å²) in [4.78, 5) is 24.1. The Bertz CT molecular complexity index is 256. The first kappa shape index (κ1) is 13.0. The van der Waals surface area contributed by atoms with E-state index in [0.717, 1.165) is 25.8 Å². The predicted octanol–water partition coefficient (Wildman–Crippen LogP) is 0.452. The van der Waals surface area contributed by atoms with Crippen molar-refractivity contribution in [3.8, 4) is 0 Å². The minimum absolute atomic E-state index is 0.0339. The van der Waals surface area contributed by atoms with E-state index in [4.69, 9.17) is 5.11 Å². The fourth-order valence-corrected chi connectivity index (χ4v) is 2.09. The molecule has 5 heteroatoms. The molecule has 1 atom stereocenters. The van der Waals surface area contributed by atoms with E-state index < -0.39 is 12.0 Å². The van der Waals surface area contributed by atoms with Gasteiger partial charge in [0.1, 0.15) is 6.04 Å². The number of hydrogen-bond acceptors (Lipinski definition) is 3. The Morgan fingerprint density at radius 3 is 2.75 bits per heavy atom. The maximum Gasteiger partial charge on any atom is 0.320 e. The number of amides is 1. The molecule has 1 saturated heterocycles. The number of aliphatic carboxylic acids is 1. The number of carboxylic acids is 1. The highest BCUT2D eigenvalue weighted by Crippen LogP contribution is 2.17.